The van der Waals surface area contributed by atoms with Crippen molar-refractivity contribution in [1.29, 1.82) is 0 Å². The Morgan fingerprint density at radius 2 is 1.87 bits per heavy atom. The number of carbonyl (C=O) groups excluding carboxylic acids is 1. The number of rotatable bonds is 4. The molecule has 1 atom stereocenters. The van der Waals surface area contributed by atoms with Gasteiger partial charge in [0.2, 0.25) is 5.91 Å². The number of fused-ring (bicyclic) bond motifs is 1. The highest BCUT2D eigenvalue weighted by Crippen LogP contribution is 2.42. The van der Waals surface area contributed by atoms with Gasteiger partial charge in [0.1, 0.15) is 11.4 Å². The first kappa shape index (κ1) is 16.4. The SMILES string of the molecule is CCC1(CC)C[C@H](NC(=O)C2CCCCC2)c2ccccc2O1. The second kappa shape index (κ2) is 6.94. The van der Waals surface area contributed by atoms with Crippen molar-refractivity contribution in [1.82, 2.24) is 5.32 Å². The Balaban J connectivity index is 1.80. The quantitative estimate of drug-likeness (QED) is 0.869. The minimum Gasteiger partial charge on any atom is -0.487 e. The molecular formula is C20H29NO2. The van der Waals surface area contributed by atoms with Crippen molar-refractivity contribution in [3.8, 4) is 5.75 Å². The molecule has 126 valence electrons. The van der Waals surface area contributed by atoms with Gasteiger partial charge in [-0.1, -0.05) is 51.3 Å². The molecule has 0 aromatic heterocycles. The maximum Gasteiger partial charge on any atom is 0.223 e. The van der Waals surface area contributed by atoms with E-state index in [-0.39, 0.29) is 23.5 Å². The van der Waals surface area contributed by atoms with Crippen molar-refractivity contribution in [3.05, 3.63) is 29.8 Å². The molecule has 2 aliphatic rings. The van der Waals surface area contributed by atoms with Gasteiger partial charge in [-0.15, -0.1) is 0 Å². The van der Waals surface area contributed by atoms with Gasteiger partial charge in [-0.25, -0.2) is 0 Å². The van der Waals surface area contributed by atoms with Crippen molar-refractivity contribution in [2.75, 3.05) is 0 Å². The van der Waals surface area contributed by atoms with Gasteiger partial charge in [0.05, 0.1) is 6.04 Å². The molecule has 1 aliphatic heterocycles. The van der Waals surface area contributed by atoms with Gasteiger partial charge in [0, 0.05) is 17.9 Å². The summed E-state index contributed by atoms with van der Waals surface area (Å²) in [6, 6.07) is 8.26. The molecule has 23 heavy (non-hydrogen) atoms. The molecule has 1 aromatic rings. The second-order valence-corrected chi connectivity index (χ2v) is 7.13. The van der Waals surface area contributed by atoms with Crippen molar-refractivity contribution in [2.24, 2.45) is 5.92 Å². The van der Waals surface area contributed by atoms with Gasteiger partial charge in [-0.2, -0.15) is 0 Å². The summed E-state index contributed by atoms with van der Waals surface area (Å²) in [6.45, 7) is 4.36. The zero-order valence-corrected chi connectivity index (χ0v) is 14.4. The van der Waals surface area contributed by atoms with Crippen LogP contribution in [0.1, 0.15) is 76.8 Å². The van der Waals surface area contributed by atoms with Crippen LogP contribution in [0, 0.1) is 5.92 Å². The molecule has 0 saturated heterocycles. The van der Waals surface area contributed by atoms with E-state index in [9.17, 15) is 4.79 Å². The van der Waals surface area contributed by atoms with Crippen LogP contribution in [-0.4, -0.2) is 11.5 Å². The Morgan fingerprint density at radius 3 is 2.57 bits per heavy atom. The van der Waals surface area contributed by atoms with E-state index in [2.05, 4.69) is 25.2 Å². The molecule has 0 unspecified atom stereocenters. The fraction of sp³-hybridized carbons (Fsp3) is 0.650. The van der Waals surface area contributed by atoms with Crippen molar-refractivity contribution in [3.63, 3.8) is 0 Å². The van der Waals surface area contributed by atoms with Crippen LogP contribution >= 0.6 is 0 Å². The highest BCUT2D eigenvalue weighted by molar-refractivity contribution is 5.79. The first-order valence-electron chi connectivity index (χ1n) is 9.26. The number of hydrogen-bond acceptors (Lipinski definition) is 2. The van der Waals surface area contributed by atoms with Crippen LogP contribution in [0.4, 0.5) is 0 Å². The highest BCUT2D eigenvalue weighted by atomic mass is 16.5. The van der Waals surface area contributed by atoms with Gasteiger partial charge in [0.15, 0.2) is 0 Å². The second-order valence-electron chi connectivity index (χ2n) is 7.13. The number of ether oxygens (including phenoxy) is 1. The lowest BCUT2D eigenvalue weighted by Gasteiger charge is -2.42. The Bertz CT molecular complexity index is 544. The average Bonchev–Trinajstić information content (AvgIpc) is 2.62. The molecule has 1 heterocycles. The van der Waals surface area contributed by atoms with E-state index in [1.807, 2.05) is 18.2 Å². The maximum atomic E-state index is 12.7. The van der Waals surface area contributed by atoms with Crippen molar-refractivity contribution in [2.45, 2.75) is 76.9 Å². The molecule has 1 amide bonds. The maximum absolute atomic E-state index is 12.7. The lowest BCUT2D eigenvalue weighted by Crippen LogP contribution is -2.45. The summed E-state index contributed by atoms with van der Waals surface area (Å²) < 4.78 is 6.32. The summed E-state index contributed by atoms with van der Waals surface area (Å²) in [5.41, 5.74) is 0.980. The number of benzene rings is 1. The summed E-state index contributed by atoms with van der Waals surface area (Å²) >= 11 is 0. The average molecular weight is 315 g/mol. The smallest absolute Gasteiger partial charge is 0.223 e. The molecule has 3 nitrogen and oxygen atoms in total. The third-order valence-corrected chi connectivity index (χ3v) is 5.78. The molecular weight excluding hydrogens is 286 g/mol. The normalized spacial score (nSPS) is 23.7. The standard InChI is InChI=1S/C20H29NO2/c1-3-20(4-2)14-17(16-12-8-9-13-18(16)23-20)21-19(22)15-10-6-5-7-11-15/h8-9,12-13,15,17H,3-7,10-11,14H2,1-2H3,(H,21,22)/t17-/m0/s1. The minimum absolute atomic E-state index is 0.0780. The van der Waals surface area contributed by atoms with Crippen LogP contribution in [0.15, 0.2) is 24.3 Å². The fourth-order valence-electron chi connectivity index (χ4n) is 4.08. The Morgan fingerprint density at radius 1 is 1.17 bits per heavy atom. The van der Waals surface area contributed by atoms with E-state index in [4.69, 9.17) is 4.74 Å². The van der Waals surface area contributed by atoms with Crippen LogP contribution < -0.4 is 10.1 Å². The lowest BCUT2D eigenvalue weighted by atomic mass is 9.82. The van der Waals surface area contributed by atoms with E-state index < -0.39 is 0 Å². The predicted octanol–water partition coefficient (Wildman–Crippen LogP) is 4.77. The summed E-state index contributed by atoms with van der Waals surface area (Å²) in [5.74, 6) is 1.39. The molecule has 1 N–H and O–H groups in total. The molecule has 0 spiro atoms. The molecule has 0 radical (unpaired) electrons. The predicted molar refractivity (Wildman–Crippen MR) is 92.5 cm³/mol. The third-order valence-electron chi connectivity index (χ3n) is 5.78. The van der Waals surface area contributed by atoms with Gasteiger partial charge in [-0.05, 0) is 31.7 Å². The molecule has 1 saturated carbocycles. The molecule has 1 aliphatic carbocycles. The Hall–Kier alpha value is -1.51. The van der Waals surface area contributed by atoms with E-state index in [1.165, 1.54) is 19.3 Å². The van der Waals surface area contributed by atoms with E-state index in [0.29, 0.717) is 0 Å². The molecule has 3 heteroatoms. The number of para-hydroxylation sites is 1. The van der Waals surface area contributed by atoms with E-state index >= 15 is 0 Å². The molecule has 1 aromatic carbocycles. The lowest BCUT2D eigenvalue weighted by molar-refractivity contribution is -0.127. The monoisotopic (exact) mass is 315 g/mol. The zero-order chi connectivity index (χ0) is 16.3. The third kappa shape index (κ3) is 3.39. The van der Waals surface area contributed by atoms with Crippen LogP contribution in [0.2, 0.25) is 0 Å². The van der Waals surface area contributed by atoms with E-state index in [1.54, 1.807) is 0 Å². The van der Waals surface area contributed by atoms with Crippen molar-refractivity contribution >= 4 is 5.91 Å². The highest BCUT2D eigenvalue weighted by Gasteiger charge is 2.39. The summed E-state index contributed by atoms with van der Waals surface area (Å²) in [6.07, 6.45) is 8.55. The first-order chi connectivity index (χ1) is 11.2. The van der Waals surface area contributed by atoms with Crippen LogP contribution in [0.5, 0.6) is 5.75 Å². The van der Waals surface area contributed by atoms with Gasteiger partial charge in [-0.3, -0.25) is 4.79 Å². The first-order valence-corrected chi connectivity index (χ1v) is 9.26. The topological polar surface area (TPSA) is 38.3 Å². The van der Waals surface area contributed by atoms with E-state index in [0.717, 1.165) is 43.4 Å². The summed E-state index contributed by atoms with van der Waals surface area (Å²) in [7, 11) is 0. The molecule has 3 rings (SSSR count). The van der Waals surface area contributed by atoms with Crippen LogP contribution in [-0.2, 0) is 4.79 Å². The van der Waals surface area contributed by atoms with Crippen LogP contribution in [0.3, 0.4) is 0 Å². The van der Waals surface area contributed by atoms with Crippen LogP contribution in [0.25, 0.3) is 0 Å². The molecule has 1 fully saturated rings. The summed E-state index contributed by atoms with van der Waals surface area (Å²) in [4.78, 5) is 12.7. The summed E-state index contributed by atoms with van der Waals surface area (Å²) in [5, 5.41) is 3.35. The number of amides is 1. The molecule has 0 bridgehead atoms. The Labute approximate surface area is 139 Å². The van der Waals surface area contributed by atoms with Crippen molar-refractivity contribution < 1.29 is 9.53 Å². The fourth-order valence-corrected chi connectivity index (χ4v) is 4.08. The van der Waals surface area contributed by atoms with Gasteiger partial charge < -0.3 is 10.1 Å². The van der Waals surface area contributed by atoms with Gasteiger partial charge in [0.25, 0.3) is 0 Å². The number of carbonyl (C=O) groups is 1. The van der Waals surface area contributed by atoms with Gasteiger partial charge >= 0.3 is 0 Å². The minimum atomic E-state index is -0.154. The largest absolute Gasteiger partial charge is 0.487 e. The Kier molecular flexibility index (Phi) is 4.93. The number of nitrogens with one attached hydrogen (secondary N) is 1. The zero-order valence-electron chi connectivity index (χ0n) is 14.4. The number of hydrogen-bond donors (Lipinski definition) is 1.